The van der Waals surface area contributed by atoms with Gasteiger partial charge in [-0.2, -0.15) is 19.5 Å². The van der Waals surface area contributed by atoms with Crippen molar-refractivity contribution in [2.45, 2.75) is 26.2 Å². The molecule has 0 radical (unpaired) electrons. The van der Waals surface area contributed by atoms with Crippen LogP contribution in [0.4, 0.5) is 17.6 Å². The molecule has 31 heavy (non-hydrogen) atoms. The van der Waals surface area contributed by atoms with Gasteiger partial charge in [-0.3, -0.25) is 0 Å². The van der Waals surface area contributed by atoms with Crippen LogP contribution in [-0.2, 0) is 15.9 Å². The summed E-state index contributed by atoms with van der Waals surface area (Å²) < 4.78 is 11.8. The van der Waals surface area contributed by atoms with Gasteiger partial charge in [0.25, 0.3) is 5.78 Å². The van der Waals surface area contributed by atoms with Gasteiger partial charge in [-0.25, -0.2) is 0 Å². The average Bonchev–Trinajstić information content (AvgIpc) is 3.20. The van der Waals surface area contributed by atoms with Crippen LogP contribution in [0.5, 0.6) is 0 Å². The second-order valence-corrected chi connectivity index (χ2v) is 6.88. The van der Waals surface area contributed by atoms with E-state index < -0.39 is 0 Å². The van der Waals surface area contributed by atoms with Crippen molar-refractivity contribution in [3.05, 3.63) is 41.7 Å². The Balaban J connectivity index is 1.58. The van der Waals surface area contributed by atoms with Crippen molar-refractivity contribution in [2.75, 3.05) is 50.3 Å². The summed E-state index contributed by atoms with van der Waals surface area (Å²) in [7, 11) is 3.30. The second kappa shape index (κ2) is 11.1. The van der Waals surface area contributed by atoms with E-state index in [1.54, 1.807) is 14.2 Å². The summed E-state index contributed by atoms with van der Waals surface area (Å²) in [6.45, 7) is 4.32. The SMILES string of the molecule is CC/C=C(\OC)c1nc2nc(NCCc3ccc(NCCCOC)cc3)nc(N)n2n1. The molecule has 2 aromatic heterocycles. The molecule has 166 valence electrons. The number of nitrogens with zero attached hydrogens (tertiary/aromatic N) is 5. The number of fused-ring (bicyclic) bond motifs is 1. The number of nitrogens with two attached hydrogens (primary N) is 1. The Hall–Kier alpha value is -3.40. The highest BCUT2D eigenvalue weighted by atomic mass is 16.5. The molecule has 1 aromatic carbocycles. The van der Waals surface area contributed by atoms with Crippen molar-refractivity contribution in [1.82, 2.24) is 24.6 Å². The van der Waals surface area contributed by atoms with E-state index in [0.717, 1.165) is 38.1 Å². The quantitative estimate of drug-likeness (QED) is 0.296. The maximum Gasteiger partial charge on any atom is 0.259 e. The van der Waals surface area contributed by atoms with Gasteiger partial charge in [-0.05, 0) is 43.0 Å². The summed E-state index contributed by atoms with van der Waals surface area (Å²) in [6.07, 6.45) is 4.50. The first-order chi connectivity index (χ1) is 15.1. The topological polar surface area (TPSA) is 125 Å². The van der Waals surface area contributed by atoms with Gasteiger partial charge in [-0.1, -0.05) is 19.1 Å². The molecule has 10 nitrogen and oxygen atoms in total. The molecule has 0 saturated heterocycles. The normalized spacial score (nSPS) is 11.6. The number of ether oxygens (including phenoxy) is 2. The Bertz CT molecular complexity index is 1000. The number of benzene rings is 1. The minimum absolute atomic E-state index is 0.210. The van der Waals surface area contributed by atoms with Gasteiger partial charge in [0.15, 0.2) is 5.76 Å². The maximum absolute atomic E-state index is 6.04. The molecular weight excluding hydrogens is 396 g/mol. The van der Waals surface area contributed by atoms with Crippen molar-refractivity contribution < 1.29 is 9.47 Å². The van der Waals surface area contributed by atoms with Crippen LogP contribution in [0.1, 0.15) is 31.2 Å². The fourth-order valence-electron chi connectivity index (χ4n) is 3.00. The highest BCUT2D eigenvalue weighted by molar-refractivity contribution is 5.55. The molecule has 3 rings (SSSR count). The third-order valence-electron chi connectivity index (χ3n) is 4.57. The fourth-order valence-corrected chi connectivity index (χ4v) is 3.00. The maximum atomic E-state index is 6.04. The number of aromatic nitrogens is 5. The molecule has 0 amide bonds. The van der Waals surface area contributed by atoms with Gasteiger partial charge in [0.1, 0.15) is 0 Å². The van der Waals surface area contributed by atoms with Crippen LogP contribution in [-0.4, -0.2) is 58.5 Å². The molecule has 10 heteroatoms. The molecule has 0 bridgehead atoms. The molecule has 0 saturated carbocycles. The Morgan fingerprint density at radius 1 is 1.10 bits per heavy atom. The van der Waals surface area contributed by atoms with Crippen LogP contribution >= 0.6 is 0 Å². The van der Waals surface area contributed by atoms with E-state index in [4.69, 9.17) is 15.2 Å². The summed E-state index contributed by atoms with van der Waals surface area (Å²) >= 11 is 0. The first-order valence-electron chi connectivity index (χ1n) is 10.3. The van der Waals surface area contributed by atoms with Crippen LogP contribution < -0.4 is 16.4 Å². The number of allylic oxidation sites excluding steroid dienone is 1. The Morgan fingerprint density at radius 2 is 1.90 bits per heavy atom. The monoisotopic (exact) mass is 426 g/mol. The van der Waals surface area contributed by atoms with Crippen molar-refractivity contribution in [3.8, 4) is 0 Å². The molecule has 0 aliphatic heterocycles. The lowest BCUT2D eigenvalue weighted by Crippen LogP contribution is -2.12. The van der Waals surface area contributed by atoms with Crippen molar-refractivity contribution in [2.24, 2.45) is 0 Å². The van der Waals surface area contributed by atoms with Gasteiger partial charge < -0.3 is 25.8 Å². The fraction of sp³-hybridized carbons (Fsp3) is 0.429. The first-order valence-corrected chi connectivity index (χ1v) is 10.3. The number of methoxy groups -OCH3 is 2. The third kappa shape index (κ3) is 6.05. The van der Waals surface area contributed by atoms with Gasteiger partial charge in [0.2, 0.25) is 17.7 Å². The van der Waals surface area contributed by atoms with Gasteiger partial charge in [-0.15, -0.1) is 5.10 Å². The third-order valence-corrected chi connectivity index (χ3v) is 4.57. The molecule has 2 heterocycles. The van der Waals surface area contributed by atoms with Crippen molar-refractivity contribution >= 4 is 29.1 Å². The minimum atomic E-state index is 0.210. The van der Waals surface area contributed by atoms with E-state index >= 15 is 0 Å². The van der Waals surface area contributed by atoms with E-state index in [9.17, 15) is 0 Å². The highest BCUT2D eigenvalue weighted by Crippen LogP contribution is 2.15. The number of hydrogen-bond acceptors (Lipinski definition) is 9. The van der Waals surface area contributed by atoms with E-state index in [2.05, 4.69) is 54.9 Å². The number of nitrogen functional groups attached to an aromatic ring is 1. The number of anilines is 3. The molecule has 0 unspecified atom stereocenters. The van der Waals surface area contributed by atoms with Crippen LogP contribution in [0, 0.1) is 0 Å². The smallest absolute Gasteiger partial charge is 0.259 e. The number of hydrogen-bond donors (Lipinski definition) is 3. The summed E-state index contributed by atoms with van der Waals surface area (Å²) in [4.78, 5) is 13.1. The van der Waals surface area contributed by atoms with Gasteiger partial charge >= 0.3 is 0 Å². The van der Waals surface area contributed by atoms with Crippen LogP contribution in [0.3, 0.4) is 0 Å². The lowest BCUT2D eigenvalue weighted by atomic mass is 10.1. The van der Waals surface area contributed by atoms with Crippen LogP contribution in [0.2, 0.25) is 0 Å². The first kappa shape index (κ1) is 22.3. The summed E-state index contributed by atoms with van der Waals surface area (Å²) in [5.74, 6) is 2.01. The zero-order valence-corrected chi connectivity index (χ0v) is 18.3. The summed E-state index contributed by atoms with van der Waals surface area (Å²) in [5.41, 5.74) is 8.35. The second-order valence-electron chi connectivity index (χ2n) is 6.88. The van der Waals surface area contributed by atoms with Crippen molar-refractivity contribution in [3.63, 3.8) is 0 Å². The summed E-state index contributed by atoms with van der Waals surface area (Å²) in [6, 6.07) is 8.38. The molecule has 0 atom stereocenters. The minimum Gasteiger partial charge on any atom is -0.493 e. The lowest BCUT2D eigenvalue weighted by molar-refractivity contribution is 0.198. The molecule has 0 spiro atoms. The predicted octanol–water partition coefficient (Wildman–Crippen LogP) is 2.60. The van der Waals surface area contributed by atoms with E-state index in [1.807, 2.05) is 13.0 Å². The van der Waals surface area contributed by atoms with E-state index in [0.29, 0.717) is 29.9 Å². The highest BCUT2D eigenvalue weighted by Gasteiger charge is 2.14. The number of nitrogens with one attached hydrogen (secondary N) is 2. The largest absolute Gasteiger partial charge is 0.493 e. The molecule has 0 aliphatic rings. The van der Waals surface area contributed by atoms with Crippen LogP contribution in [0.25, 0.3) is 11.5 Å². The zero-order chi connectivity index (χ0) is 22.1. The predicted molar refractivity (Wildman–Crippen MR) is 122 cm³/mol. The molecule has 0 aliphatic carbocycles. The van der Waals surface area contributed by atoms with Crippen molar-refractivity contribution in [1.29, 1.82) is 0 Å². The van der Waals surface area contributed by atoms with E-state index in [-0.39, 0.29) is 5.95 Å². The molecule has 0 fully saturated rings. The van der Waals surface area contributed by atoms with Gasteiger partial charge in [0.05, 0.1) is 7.11 Å². The Morgan fingerprint density at radius 3 is 2.61 bits per heavy atom. The van der Waals surface area contributed by atoms with Crippen LogP contribution in [0.15, 0.2) is 30.3 Å². The Kier molecular flexibility index (Phi) is 7.99. The van der Waals surface area contributed by atoms with Gasteiger partial charge in [0, 0.05) is 32.5 Å². The summed E-state index contributed by atoms with van der Waals surface area (Å²) in [5, 5.41) is 10.9. The average molecular weight is 427 g/mol. The standard InChI is InChI=1S/C21H30N8O2/c1-4-6-17(31-3)18-25-21-27-20(26-19(22)29(21)28-18)24-13-11-15-7-9-16(10-8-15)23-12-5-14-30-2/h6-10,23H,4-5,11-14H2,1-3H3,(H3,22,24,25,26,27,28)/b17-6-. The molecule has 4 N–H and O–H groups in total. The van der Waals surface area contributed by atoms with E-state index in [1.165, 1.54) is 10.1 Å². The number of rotatable bonds is 12. The zero-order valence-electron chi connectivity index (χ0n) is 18.3. The molecular formula is C21H30N8O2. The Labute approximate surface area is 181 Å². The molecule has 3 aromatic rings. The lowest BCUT2D eigenvalue weighted by Gasteiger charge is -2.08.